The zero-order valence-electron chi connectivity index (χ0n) is 15.3. The molecule has 1 saturated heterocycles. The second kappa shape index (κ2) is 7.89. The summed E-state index contributed by atoms with van der Waals surface area (Å²) in [6, 6.07) is 7.68. The molecule has 3 rings (SSSR count). The molecule has 1 heterocycles. The van der Waals surface area contributed by atoms with Crippen LogP contribution in [0.4, 0.5) is 0 Å². The first-order valence-corrected chi connectivity index (χ1v) is 9.31. The SMILES string of the molecule is Cc1cccc(OCCNC(=O)CN2C(=O)CC3(CCCCC3)C2=O)c1. The van der Waals surface area contributed by atoms with E-state index in [1.165, 1.54) is 0 Å². The molecule has 0 aromatic heterocycles. The molecule has 1 aliphatic carbocycles. The Morgan fingerprint density at radius 2 is 2.00 bits per heavy atom. The Bertz CT molecular complexity index is 695. The second-order valence-electron chi connectivity index (χ2n) is 7.32. The summed E-state index contributed by atoms with van der Waals surface area (Å²) in [4.78, 5) is 38.2. The monoisotopic (exact) mass is 358 g/mol. The molecule has 140 valence electrons. The lowest BCUT2D eigenvalue weighted by molar-refractivity contribution is -0.145. The number of rotatable bonds is 6. The van der Waals surface area contributed by atoms with Crippen LogP contribution in [0.25, 0.3) is 0 Å². The Morgan fingerprint density at radius 3 is 2.73 bits per heavy atom. The topological polar surface area (TPSA) is 75.7 Å². The van der Waals surface area contributed by atoms with Crippen LogP contribution in [-0.2, 0) is 14.4 Å². The van der Waals surface area contributed by atoms with E-state index in [0.717, 1.165) is 48.3 Å². The van der Waals surface area contributed by atoms with Gasteiger partial charge in [0.2, 0.25) is 17.7 Å². The number of imide groups is 1. The van der Waals surface area contributed by atoms with Crippen molar-refractivity contribution in [2.45, 2.75) is 45.4 Å². The number of nitrogens with one attached hydrogen (secondary N) is 1. The molecule has 0 bridgehead atoms. The largest absolute Gasteiger partial charge is 0.492 e. The third kappa shape index (κ3) is 4.06. The second-order valence-corrected chi connectivity index (χ2v) is 7.32. The summed E-state index contributed by atoms with van der Waals surface area (Å²) < 4.78 is 5.58. The average Bonchev–Trinajstić information content (AvgIpc) is 2.84. The lowest BCUT2D eigenvalue weighted by Gasteiger charge is -2.30. The summed E-state index contributed by atoms with van der Waals surface area (Å²) in [6.07, 6.45) is 4.87. The number of benzene rings is 1. The van der Waals surface area contributed by atoms with E-state index in [9.17, 15) is 14.4 Å². The molecule has 1 aromatic rings. The van der Waals surface area contributed by atoms with Gasteiger partial charge in [0.1, 0.15) is 18.9 Å². The zero-order chi connectivity index (χ0) is 18.6. The Labute approximate surface area is 153 Å². The summed E-state index contributed by atoms with van der Waals surface area (Å²) in [7, 11) is 0. The van der Waals surface area contributed by atoms with Crippen molar-refractivity contribution in [1.29, 1.82) is 0 Å². The summed E-state index contributed by atoms with van der Waals surface area (Å²) >= 11 is 0. The van der Waals surface area contributed by atoms with E-state index in [-0.39, 0.29) is 30.7 Å². The van der Waals surface area contributed by atoms with Crippen LogP contribution in [0.15, 0.2) is 24.3 Å². The van der Waals surface area contributed by atoms with Gasteiger partial charge in [-0.25, -0.2) is 0 Å². The number of amides is 3. The highest BCUT2D eigenvalue weighted by molar-refractivity contribution is 6.08. The van der Waals surface area contributed by atoms with E-state index in [1.54, 1.807) is 0 Å². The van der Waals surface area contributed by atoms with Gasteiger partial charge in [0.15, 0.2) is 0 Å². The maximum atomic E-state index is 12.7. The number of hydrogen-bond acceptors (Lipinski definition) is 4. The van der Waals surface area contributed by atoms with Crippen LogP contribution in [-0.4, -0.2) is 42.3 Å². The molecule has 26 heavy (non-hydrogen) atoms. The number of ether oxygens (including phenoxy) is 1. The van der Waals surface area contributed by atoms with E-state index in [1.807, 2.05) is 31.2 Å². The molecule has 1 N–H and O–H groups in total. The minimum absolute atomic E-state index is 0.159. The molecule has 2 fully saturated rings. The van der Waals surface area contributed by atoms with E-state index in [4.69, 9.17) is 4.74 Å². The van der Waals surface area contributed by atoms with E-state index >= 15 is 0 Å². The van der Waals surface area contributed by atoms with Crippen molar-refractivity contribution >= 4 is 17.7 Å². The Balaban J connectivity index is 1.44. The van der Waals surface area contributed by atoms with Crippen molar-refractivity contribution < 1.29 is 19.1 Å². The molecule has 1 aliphatic heterocycles. The van der Waals surface area contributed by atoms with Crippen molar-refractivity contribution in [3.8, 4) is 5.75 Å². The van der Waals surface area contributed by atoms with Gasteiger partial charge < -0.3 is 10.1 Å². The first-order valence-electron chi connectivity index (χ1n) is 9.31. The lowest BCUT2D eigenvalue weighted by atomic mass is 9.73. The van der Waals surface area contributed by atoms with Crippen molar-refractivity contribution in [2.24, 2.45) is 5.41 Å². The third-order valence-electron chi connectivity index (χ3n) is 5.28. The first-order chi connectivity index (χ1) is 12.5. The third-order valence-corrected chi connectivity index (χ3v) is 5.28. The minimum Gasteiger partial charge on any atom is -0.492 e. The minimum atomic E-state index is -0.538. The van der Waals surface area contributed by atoms with E-state index in [2.05, 4.69) is 5.32 Å². The molecule has 3 amide bonds. The van der Waals surface area contributed by atoms with Crippen molar-refractivity contribution in [3.05, 3.63) is 29.8 Å². The quantitative estimate of drug-likeness (QED) is 0.625. The fraction of sp³-hybridized carbons (Fsp3) is 0.550. The standard InChI is InChI=1S/C20H26N2O4/c1-15-6-5-7-16(12-15)26-11-10-21-17(23)14-22-18(24)13-20(19(22)25)8-3-2-4-9-20/h5-7,12H,2-4,8-11,13-14H2,1H3,(H,21,23). The van der Waals surface area contributed by atoms with Gasteiger partial charge in [0.05, 0.1) is 12.0 Å². The molecular weight excluding hydrogens is 332 g/mol. The van der Waals surface area contributed by atoms with Gasteiger partial charge in [0.25, 0.3) is 0 Å². The molecule has 6 heteroatoms. The fourth-order valence-electron chi connectivity index (χ4n) is 3.90. The van der Waals surface area contributed by atoms with Crippen molar-refractivity contribution in [1.82, 2.24) is 10.2 Å². The average molecular weight is 358 g/mol. The molecule has 1 aromatic carbocycles. The molecule has 1 spiro atoms. The zero-order valence-corrected chi connectivity index (χ0v) is 15.3. The highest BCUT2D eigenvalue weighted by Crippen LogP contribution is 2.45. The van der Waals surface area contributed by atoms with Crippen LogP contribution in [0.2, 0.25) is 0 Å². The number of carbonyl (C=O) groups is 3. The smallest absolute Gasteiger partial charge is 0.240 e. The highest BCUT2D eigenvalue weighted by atomic mass is 16.5. The molecule has 2 aliphatic rings. The predicted molar refractivity (Wildman–Crippen MR) is 96.5 cm³/mol. The van der Waals surface area contributed by atoms with Gasteiger partial charge >= 0.3 is 0 Å². The molecule has 0 unspecified atom stereocenters. The van der Waals surface area contributed by atoms with Crippen LogP contribution >= 0.6 is 0 Å². The molecule has 0 radical (unpaired) electrons. The van der Waals surface area contributed by atoms with E-state index < -0.39 is 5.41 Å². The fourth-order valence-corrected chi connectivity index (χ4v) is 3.90. The number of aryl methyl sites for hydroxylation is 1. The van der Waals surface area contributed by atoms with Crippen LogP contribution < -0.4 is 10.1 Å². The van der Waals surface area contributed by atoms with Gasteiger partial charge in [-0.15, -0.1) is 0 Å². The van der Waals surface area contributed by atoms with Crippen LogP contribution in [0.1, 0.15) is 44.1 Å². The molecule has 1 saturated carbocycles. The van der Waals surface area contributed by atoms with Gasteiger partial charge in [0, 0.05) is 6.42 Å². The van der Waals surface area contributed by atoms with Gasteiger partial charge in [-0.05, 0) is 37.5 Å². The molecule has 0 atom stereocenters. The predicted octanol–water partition coefficient (Wildman–Crippen LogP) is 2.20. The van der Waals surface area contributed by atoms with Crippen molar-refractivity contribution in [3.63, 3.8) is 0 Å². The maximum Gasteiger partial charge on any atom is 0.240 e. The Morgan fingerprint density at radius 1 is 1.23 bits per heavy atom. The van der Waals surface area contributed by atoms with Crippen molar-refractivity contribution in [2.75, 3.05) is 19.7 Å². The summed E-state index contributed by atoms with van der Waals surface area (Å²) in [5.74, 6) is 0.0483. The Kier molecular flexibility index (Phi) is 5.59. The number of nitrogens with zero attached hydrogens (tertiary/aromatic N) is 1. The van der Waals surface area contributed by atoms with Crippen LogP contribution in [0, 0.1) is 12.3 Å². The van der Waals surface area contributed by atoms with Gasteiger partial charge in [-0.2, -0.15) is 0 Å². The maximum absolute atomic E-state index is 12.7. The van der Waals surface area contributed by atoms with Crippen LogP contribution in [0.3, 0.4) is 0 Å². The van der Waals surface area contributed by atoms with Gasteiger partial charge in [-0.1, -0.05) is 31.4 Å². The summed E-state index contributed by atoms with van der Waals surface area (Å²) in [5.41, 5.74) is 0.568. The Hall–Kier alpha value is -2.37. The van der Waals surface area contributed by atoms with Crippen LogP contribution in [0.5, 0.6) is 5.75 Å². The lowest BCUT2D eigenvalue weighted by Crippen LogP contribution is -2.43. The number of hydrogen-bond donors (Lipinski definition) is 1. The summed E-state index contributed by atoms with van der Waals surface area (Å²) in [5, 5.41) is 2.72. The summed E-state index contributed by atoms with van der Waals surface area (Å²) in [6.45, 7) is 2.46. The van der Waals surface area contributed by atoms with E-state index in [0.29, 0.717) is 13.2 Å². The molecule has 6 nitrogen and oxygen atoms in total. The number of carbonyl (C=O) groups excluding carboxylic acids is 3. The normalized spacial score (nSPS) is 19.0. The molecular formula is C20H26N2O4. The van der Waals surface area contributed by atoms with Gasteiger partial charge in [-0.3, -0.25) is 19.3 Å². The highest BCUT2D eigenvalue weighted by Gasteiger charge is 2.51. The first kappa shape index (κ1) is 18.4. The number of likely N-dealkylation sites (tertiary alicyclic amines) is 1.